The molecule has 0 spiro atoms. The maximum Gasteiger partial charge on any atom is 0.243 e. The van der Waals surface area contributed by atoms with E-state index in [1.54, 1.807) is 29.3 Å². The van der Waals surface area contributed by atoms with E-state index in [0.717, 1.165) is 30.5 Å². The normalized spacial score (nSPS) is 18.7. The fourth-order valence-electron chi connectivity index (χ4n) is 4.33. The molecular weight excluding hydrogens is 437 g/mol. The molecule has 2 aliphatic rings. The number of likely N-dealkylation sites (N-methyl/N-ethyl adjacent to an activating group) is 1. The summed E-state index contributed by atoms with van der Waals surface area (Å²) in [6, 6.07) is 9.40. The minimum Gasteiger partial charge on any atom is -0.490 e. The topological polar surface area (TPSA) is 100 Å². The molecule has 2 N–H and O–H groups in total. The Hall–Kier alpha value is -3.59. The molecular formula is C25H26FN5O3. The van der Waals surface area contributed by atoms with E-state index in [-0.39, 0.29) is 24.7 Å². The molecule has 34 heavy (non-hydrogen) atoms. The Morgan fingerprint density at radius 1 is 1.24 bits per heavy atom. The van der Waals surface area contributed by atoms with Crippen molar-refractivity contribution in [3.8, 4) is 17.3 Å². The summed E-state index contributed by atoms with van der Waals surface area (Å²) in [5.41, 5.74) is 3.01. The van der Waals surface area contributed by atoms with Crippen LogP contribution in [0.5, 0.6) is 5.75 Å². The van der Waals surface area contributed by atoms with E-state index in [9.17, 15) is 14.3 Å². The van der Waals surface area contributed by atoms with Crippen LogP contribution < -0.4 is 15.0 Å². The van der Waals surface area contributed by atoms with E-state index in [2.05, 4.69) is 10.3 Å². The van der Waals surface area contributed by atoms with Crippen LogP contribution in [0.15, 0.2) is 42.6 Å². The van der Waals surface area contributed by atoms with Crippen LogP contribution in [0.1, 0.15) is 30.5 Å². The van der Waals surface area contributed by atoms with Gasteiger partial charge in [-0.15, -0.1) is 0 Å². The smallest absolute Gasteiger partial charge is 0.243 e. The first-order chi connectivity index (χ1) is 16.4. The molecule has 1 aromatic carbocycles. The number of nitrogens with zero attached hydrogens (tertiary/aromatic N) is 4. The number of aryl methyl sites for hydroxylation is 1. The lowest BCUT2D eigenvalue weighted by atomic mass is 9.92. The van der Waals surface area contributed by atoms with Crippen molar-refractivity contribution in [1.82, 2.24) is 15.0 Å². The predicted octanol–water partition coefficient (Wildman–Crippen LogP) is 3.14. The highest BCUT2D eigenvalue weighted by molar-refractivity contribution is 5.94. The Morgan fingerprint density at radius 2 is 2.09 bits per heavy atom. The van der Waals surface area contributed by atoms with Crippen LogP contribution in [-0.2, 0) is 17.6 Å². The van der Waals surface area contributed by atoms with Crippen molar-refractivity contribution in [3.05, 3.63) is 59.7 Å². The summed E-state index contributed by atoms with van der Waals surface area (Å²) in [7, 11) is 1.81. The third kappa shape index (κ3) is 4.84. The molecule has 0 radical (unpaired) electrons. The highest BCUT2D eigenvalue weighted by Gasteiger charge is 2.29. The van der Waals surface area contributed by atoms with Crippen molar-refractivity contribution in [1.29, 1.82) is 0 Å². The number of pyridine rings is 1. The minimum atomic E-state index is -0.406. The van der Waals surface area contributed by atoms with E-state index < -0.39 is 5.82 Å². The molecule has 1 fully saturated rings. The number of benzene rings is 1. The third-order valence-electron chi connectivity index (χ3n) is 6.10. The zero-order valence-corrected chi connectivity index (χ0v) is 18.9. The molecule has 0 saturated heterocycles. The Bertz CT molecular complexity index is 1210. The Balaban J connectivity index is 1.36. The van der Waals surface area contributed by atoms with E-state index in [0.29, 0.717) is 41.6 Å². The predicted molar refractivity (Wildman–Crippen MR) is 125 cm³/mol. The monoisotopic (exact) mass is 463 g/mol. The Kier molecular flexibility index (Phi) is 6.10. The van der Waals surface area contributed by atoms with Gasteiger partial charge in [-0.05, 0) is 43.5 Å². The molecule has 5 rings (SSSR count). The molecule has 1 amide bonds. The van der Waals surface area contributed by atoms with Gasteiger partial charge in [0.15, 0.2) is 5.82 Å². The summed E-state index contributed by atoms with van der Waals surface area (Å²) in [6.45, 7) is 0.0555. The molecule has 8 nitrogen and oxygen atoms in total. The molecule has 176 valence electrons. The van der Waals surface area contributed by atoms with Gasteiger partial charge in [0.05, 0.1) is 12.6 Å². The van der Waals surface area contributed by atoms with Gasteiger partial charge in [0, 0.05) is 49.1 Å². The number of aliphatic hydroxyl groups is 1. The molecule has 2 aliphatic carbocycles. The van der Waals surface area contributed by atoms with Gasteiger partial charge >= 0.3 is 0 Å². The number of aliphatic hydroxyl groups excluding tert-OH is 1. The number of fused-ring (bicyclic) bond motifs is 1. The van der Waals surface area contributed by atoms with Crippen LogP contribution in [0, 0.1) is 5.82 Å². The number of carbonyl (C=O) groups is 1. The number of ether oxygens (including phenoxy) is 1. The number of rotatable bonds is 7. The first-order valence-electron chi connectivity index (χ1n) is 11.4. The molecule has 9 heteroatoms. The SMILES string of the molecule is CN(CC(=O)Nc1cccc(F)c1)c1nc(-c2cc(OC3CC(O)C3)ccn2)nc2c1CCC2. The van der Waals surface area contributed by atoms with E-state index >= 15 is 0 Å². The molecule has 3 aromatic rings. The minimum absolute atomic E-state index is 0.00415. The average Bonchev–Trinajstić information content (AvgIpc) is 3.26. The van der Waals surface area contributed by atoms with Gasteiger partial charge in [-0.2, -0.15) is 0 Å². The first kappa shape index (κ1) is 22.2. The fraction of sp³-hybridized carbons (Fsp3) is 0.360. The lowest BCUT2D eigenvalue weighted by Crippen LogP contribution is -2.37. The maximum absolute atomic E-state index is 13.4. The van der Waals surface area contributed by atoms with Gasteiger partial charge in [0.25, 0.3) is 0 Å². The maximum atomic E-state index is 13.4. The quantitative estimate of drug-likeness (QED) is 0.555. The Morgan fingerprint density at radius 3 is 2.88 bits per heavy atom. The highest BCUT2D eigenvalue weighted by atomic mass is 19.1. The second-order valence-electron chi connectivity index (χ2n) is 8.81. The van der Waals surface area contributed by atoms with Crippen molar-refractivity contribution >= 4 is 17.4 Å². The van der Waals surface area contributed by atoms with Gasteiger partial charge in [-0.25, -0.2) is 14.4 Å². The summed E-state index contributed by atoms with van der Waals surface area (Å²) in [5, 5.41) is 12.2. The van der Waals surface area contributed by atoms with Crippen LogP contribution in [0.25, 0.3) is 11.5 Å². The zero-order valence-electron chi connectivity index (χ0n) is 18.9. The molecule has 0 bridgehead atoms. The van der Waals surface area contributed by atoms with Crippen LogP contribution in [0.3, 0.4) is 0 Å². The number of carbonyl (C=O) groups excluding carboxylic acids is 1. The van der Waals surface area contributed by atoms with E-state index in [4.69, 9.17) is 14.7 Å². The highest BCUT2D eigenvalue weighted by Crippen LogP contribution is 2.32. The zero-order chi connectivity index (χ0) is 23.7. The molecule has 0 atom stereocenters. The van der Waals surface area contributed by atoms with Crippen LogP contribution in [0.2, 0.25) is 0 Å². The number of hydrogen-bond acceptors (Lipinski definition) is 7. The number of anilines is 2. The van der Waals surface area contributed by atoms with Gasteiger partial charge in [-0.1, -0.05) is 6.07 Å². The van der Waals surface area contributed by atoms with Gasteiger partial charge in [0.1, 0.15) is 29.2 Å². The van der Waals surface area contributed by atoms with Crippen molar-refractivity contribution in [3.63, 3.8) is 0 Å². The number of aromatic nitrogens is 3. The van der Waals surface area contributed by atoms with Crippen molar-refractivity contribution in [2.24, 2.45) is 0 Å². The van der Waals surface area contributed by atoms with E-state index in [1.165, 1.54) is 12.1 Å². The lowest BCUT2D eigenvalue weighted by molar-refractivity contribution is -0.114. The van der Waals surface area contributed by atoms with Crippen molar-refractivity contribution < 1.29 is 19.0 Å². The lowest BCUT2D eigenvalue weighted by Gasteiger charge is -2.31. The second kappa shape index (κ2) is 9.34. The molecule has 2 heterocycles. The number of amides is 1. The number of hydrogen-bond donors (Lipinski definition) is 2. The Labute approximate surface area is 196 Å². The van der Waals surface area contributed by atoms with Gasteiger partial charge < -0.3 is 20.1 Å². The summed E-state index contributed by atoms with van der Waals surface area (Å²) < 4.78 is 19.4. The van der Waals surface area contributed by atoms with Crippen molar-refractivity contribution in [2.45, 2.75) is 44.3 Å². The summed E-state index contributed by atoms with van der Waals surface area (Å²) >= 11 is 0. The van der Waals surface area contributed by atoms with E-state index in [1.807, 2.05) is 13.1 Å². The van der Waals surface area contributed by atoms with Crippen LogP contribution in [-0.4, -0.2) is 51.8 Å². The van der Waals surface area contributed by atoms with Crippen LogP contribution >= 0.6 is 0 Å². The largest absolute Gasteiger partial charge is 0.490 e. The van der Waals surface area contributed by atoms with Crippen molar-refractivity contribution in [2.75, 3.05) is 23.8 Å². The number of halogens is 1. The molecule has 0 aliphatic heterocycles. The summed E-state index contributed by atoms with van der Waals surface area (Å²) in [4.78, 5) is 28.4. The number of nitrogens with one attached hydrogen (secondary N) is 1. The van der Waals surface area contributed by atoms with Gasteiger partial charge in [-0.3, -0.25) is 9.78 Å². The molecule has 2 aromatic heterocycles. The molecule has 0 unspecified atom stereocenters. The summed E-state index contributed by atoms with van der Waals surface area (Å²) in [6.07, 6.45) is 5.29. The molecule has 1 saturated carbocycles. The van der Waals surface area contributed by atoms with Crippen LogP contribution in [0.4, 0.5) is 15.9 Å². The fourth-order valence-corrected chi connectivity index (χ4v) is 4.33. The standard InChI is InChI=1S/C25H26FN5O3/c1-31(14-23(33)28-16-5-2-4-15(26)10-16)25-20-6-3-7-21(20)29-24(30-25)22-13-18(8-9-27-22)34-19-11-17(32)12-19/h2,4-5,8-10,13,17,19,32H,3,6-7,11-12,14H2,1H3,(H,28,33). The average molecular weight is 464 g/mol. The second-order valence-corrected chi connectivity index (χ2v) is 8.81. The third-order valence-corrected chi connectivity index (χ3v) is 6.10. The van der Waals surface area contributed by atoms with Gasteiger partial charge in [0.2, 0.25) is 5.91 Å². The first-order valence-corrected chi connectivity index (χ1v) is 11.4. The summed E-state index contributed by atoms with van der Waals surface area (Å²) in [5.74, 6) is 1.16.